The van der Waals surface area contributed by atoms with E-state index >= 15 is 0 Å². The summed E-state index contributed by atoms with van der Waals surface area (Å²) < 4.78 is 226. The van der Waals surface area contributed by atoms with Crippen LogP contribution in [0.25, 0.3) is 0 Å². The van der Waals surface area contributed by atoms with Crippen molar-refractivity contribution in [3.63, 3.8) is 0 Å². The maximum absolute atomic E-state index is 13.5. The SMILES string of the molecule is C=C(C)CC(=O)OCCC(F)(F)C(F)(F)C(F)(F)C(F)(F)C(F)(F)C(F)(F)C(F)(F)C(F)(F)F. The fourth-order valence-electron chi connectivity index (χ4n) is 1.94. The van der Waals surface area contributed by atoms with Crippen LogP contribution < -0.4 is 0 Å². The van der Waals surface area contributed by atoms with Gasteiger partial charge in [0.15, 0.2) is 0 Å². The maximum Gasteiger partial charge on any atom is 0.460 e. The fourth-order valence-corrected chi connectivity index (χ4v) is 1.94. The molecule has 19 heteroatoms. The predicted molar refractivity (Wildman–Crippen MR) is 75.7 cm³/mol. The third kappa shape index (κ3) is 4.87. The van der Waals surface area contributed by atoms with Crippen molar-refractivity contribution in [2.24, 2.45) is 0 Å². The smallest absolute Gasteiger partial charge is 0.460 e. The number of esters is 1. The second-order valence-electron chi connectivity index (χ2n) is 6.75. The summed E-state index contributed by atoms with van der Waals surface area (Å²) in [5.74, 6) is -58.3. The molecule has 0 fully saturated rings. The molecule has 202 valence electrons. The van der Waals surface area contributed by atoms with E-state index in [1.807, 2.05) is 0 Å². The van der Waals surface area contributed by atoms with E-state index in [9.17, 15) is 79.4 Å². The van der Waals surface area contributed by atoms with Crippen molar-refractivity contribution in [1.29, 1.82) is 0 Å². The molecular formula is C15H11F17O2. The summed E-state index contributed by atoms with van der Waals surface area (Å²) in [6.07, 6.45) is -11.4. The molecule has 0 unspecified atom stereocenters. The Kier molecular flexibility index (Phi) is 8.39. The van der Waals surface area contributed by atoms with E-state index in [-0.39, 0.29) is 5.57 Å². The first-order valence-electron chi connectivity index (χ1n) is 8.07. The second kappa shape index (κ2) is 8.91. The molecule has 0 bridgehead atoms. The van der Waals surface area contributed by atoms with Crippen LogP contribution in [0.3, 0.4) is 0 Å². The van der Waals surface area contributed by atoms with Gasteiger partial charge in [0.05, 0.1) is 19.4 Å². The Morgan fingerprint density at radius 2 is 0.941 bits per heavy atom. The predicted octanol–water partition coefficient (Wildman–Crippen LogP) is 6.90. The highest BCUT2D eigenvalue weighted by atomic mass is 19.4. The van der Waals surface area contributed by atoms with E-state index in [2.05, 4.69) is 11.3 Å². The van der Waals surface area contributed by atoms with Gasteiger partial charge >= 0.3 is 53.6 Å². The molecule has 0 amide bonds. The van der Waals surface area contributed by atoms with E-state index in [4.69, 9.17) is 0 Å². The molecular weight excluding hydrogens is 535 g/mol. The first-order valence-corrected chi connectivity index (χ1v) is 8.07. The molecule has 0 aromatic heterocycles. The lowest BCUT2D eigenvalue weighted by Gasteiger charge is -2.42. The summed E-state index contributed by atoms with van der Waals surface area (Å²) >= 11 is 0. The van der Waals surface area contributed by atoms with Crippen LogP contribution in [0.5, 0.6) is 0 Å². The molecule has 0 radical (unpaired) electrons. The molecule has 0 aliphatic rings. The molecule has 2 nitrogen and oxygen atoms in total. The molecule has 0 aromatic carbocycles. The molecule has 0 aliphatic carbocycles. The third-order valence-electron chi connectivity index (χ3n) is 3.91. The van der Waals surface area contributed by atoms with E-state index in [1.165, 1.54) is 0 Å². The van der Waals surface area contributed by atoms with E-state index in [0.29, 0.717) is 0 Å². The minimum atomic E-state index is -8.67. The van der Waals surface area contributed by atoms with Crippen LogP contribution in [0.15, 0.2) is 12.2 Å². The van der Waals surface area contributed by atoms with Gasteiger partial charge in [-0.3, -0.25) is 4.79 Å². The molecule has 0 spiro atoms. The van der Waals surface area contributed by atoms with E-state index in [0.717, 1.165) is 6.92 Å². The normalized spacial score (nSPS) is 15.4. The van der Waals surface area contributed by atoms with Crippen LogP contribution in [-0.4, -0.2) is 60.2 Å². The van der Waals surface area contributed by atoms with Crippen molar-refractivity contribution >= 4 is 5.97 Å². The zero-order chi connectivity index (χ0) is 28.0. The zero-order valence-electron chi connectivity index (χ0n) is 16.1. The van der Waals surface area contributed by atoms with Crippen molar-refractivity contribution in [2.75, 3.05) is 6.61 Å². The molecule has 0 atom stereocenters. The number of halogens is 17. The van der Waals surface area contributed by atoms with Crippen LogP contribution in [0.1, 0.15) is 19.8 Å². The van der Waals surface area contributed by atoms with Gasteiger partial charge in [0.1, 0.15) is 0 Å². The summed E-state index contributed by atoms with van der Waals surface area (Å²) in [5.41, 5.74) is -0.00733. The van der Waals surface area contributed by atoms with Crippen LogP contribution in [-0.2, 0) is 9.53 Å². The molecule has 34 heavy (non-hydrogen) atoms. The van der Waals surface area contributed by atoms with Crippen molar-refractivity contribution in [3.8, 4) is 0 Å². The average molecular weight is 546 g/mol. The lowest BCUT2D eigenvalue weighted by Crippen LogP contribution is -2.74. The van der Waals surface area contributed by atoms with Crippen molar-refractivity contribution in [3.05, 3.63) is 12.2 Å². The molecule has 0 aromatic rings. The largest absolute Gasteiger partial charge is 0.465 e. The first kappa shape index (κ1) is 32.0. The third-order valence-corrected chi connectivity index (χ3v) is 3.91. The van der Waals surface area contributed by atoms with Crippen molar-refractivity contribution < 1.29 is 84.2 Å². The van der Waals surface area contributed by atoms with Crippen LogP contribution in [0.2, 0.25) is 0 Å². The number of hydrogen-bond acceptors (Lipinski definition) is 2. The molecule has 0 saturated carbocycles. The highest BCUT2D eigenvalue weighted by Crippen LogP contribution is 2.64. The van der Waals surface area contributed by atoms with E-state index in [1.54, 1.807) is 0 Å². The summed E-state index contributed by atoms with van der Waals surface area (Å²) in [6, 6.07) is 0. The molecule has 0 saturated heterocycles. The van der Waals surface area contributed by atoms with Crippen molar-refractivity contribution in [1.82, 2.24) is 0 Å². The van der Waals surface area contributed by atoms with Crippen LogP contribution in [0, 0.1) is 0 Å². The van der Waals surface area contributed by atoms with Gasteiger partial charge in [0.25, 0.3) is 0 Å². The zero-order valence-corrected chi connectivity index (χ0v) is 16.1. The summed E-state index contributed by atoms with van der Waals surface area (Å²) in [4.78, 5) is 11.0. The van der Waals surface area contributed by atoms with Crippen LogP contribution >= 0.6 is 0 Å². The quantitative estimate of drug-likeness (QED) is 0.160. The molecule has 0 heterocycles. The minimum Gasteiger partial charge on any atom is -0.465 e. The van der Waals surface area contributed by atoms with Gasteiger partial charge in [-0.15, -0.1) is 0 Å². The fraction of sp³-hybridized carbons (Fsp3) is 0.800. The number of rotatable bonds is 11. The molecule has 0 aliphatic heterocycles. The molecule has 0 rings (SSSR count). The van der Waals surface area contributed by atoms with Crippen molar-refractivity contribution in [2.45, 2.75) is 67.4 Å². The molecule has 0 N–H and O–H groups in total. The number of hydrogen-bond donors (Lipinski definition) is 0. The number of ether oxygens (including phenoxy) is 1. The summed E-state index contributed by atoms with van der Waals surface area (Å²) in [6.45, 7) is 2.31. The Hall–Kier alpha value is -1.98. The second-order valence-corrected chi connectivity index (χ2v) is 6.75. The van der Waals surface area contributed by atoms with Gasteiger partial charge in [-0.1, -0.05) is 12.2 Å². The Morgan fingerprint density at radius 3 is 1.26 bits per heavy atom. The first-order chi connectivity index (χ1) is 14.6. The van der Waals surface area contributed by atoms with Gasteiger partial charge in [0.2, 0.25) is 0 Å². The summed E-state index contributed by atoms with van der Waals surface area (Å²) in [5, 5.41) is 0. The van der Waals surface area contributed by atoms with Gasteiger partial charge in [-0.05, 0) is 6.92 Å². The highest BCUT2D eigenvalue weighted by molar-refractivity contribution is 5.72. The van der Waals surface area contributed by atoms with Gasteiger partial charge in [0, 0.05) is 0 Å². The number of alkyl halides is 17. The Labute approximate surface area is 177 Å². The Bertz CT molecular complexity index is 765. The van der Waals surface area contributed by atoms with Gasteiger partial charge in [-0.2, -0.15) is 74.6 Å². The number of carbonyl (C=O) groups excluding carboxylic acids is 1. The Morgan fingerprint density at radius 1 is 0.618 bits per heavy atom. The maximum atomic E-state index is 13.5. The topological polar surface area (TPSA) is 26.3 Å². The van der Waals surface area contributed by atoms with Gasteiger partial charge in [-0.25, -0.2) is 0 Å². The summed E-state index contributed by atoms with van der Waals surface area (Å²) in [7, 11) is 0. The highest BCUT2D eigenvalue weighted by Gasteiger charge is 2.95. The lowest BCUT2D eigenvalue weighted by molar-refractivity contribution is -0.461. The van der Waals surface area contributed by atoms with E-state index < -0.39 is 73.1 Å². The minimum absolute atomic E-state index is 0.00733. The monoisotopic (exact) mass is 546 g/mol. The van der Waals surface area contributed by atoms with Crippen LogP contribution in [0.4, 0.5) is 74.6 Å². The Balaban J connectivity index is 6.25. The standard InChI is InChI=1S/C15H11F17O2/c1-6(2)5-7(33)34-4-3-8(16,17)9(18,19)10(20,21)11(22,23)12(24,25)13(26,27)14(28,29)15(30,31)32/h1,3-5H2,2H3. The van der Waals surface area contributed by atoms with Gasteiger partial charge < -0.3 is 4.74 Å². The number of carbonyl (C=O) groups is 1. The lowest BCUT2D eigenvalue weighted by atomic mass is 9.88. The average Bonchev–Trinajstić information content (AvgIpc) is 2.58.